The van der Waals surface area contributed by atoms with Gasteiger partial charge in [0.05, 0.1) is 7.11 Å². The van der Waals surface area contributed by atoms with E-state index in [9.17, 15) is 9.90 Å². The van der Waals surface area contributed by atoms with Crippen molar-refractivity contribution in [3.63, 3.8) is 0 Å². The molecular formula is C16H13BrO3. The molecule has 0 amide bonds. The van der Waals surface area contributed by atoms with Gasteiger partial charge < -0.3 is 9.84 Å². The maximum absolute atomic E-state index is 12.0. The summed E-state index contributed by atoms with van der Waals surface area (Å²) >= 11 is 3.32. The maximum Gasteiger partial charge on any atom is 0.185 e. The molecule has 0 spiro atoms. The van der Waals surface area contributed by atoms with Crippen LogP contribution in [0.4, 0.5) is 0 Å². The molecular weight excluding hydrogens is 320 g/mol. The van der Waals surface area contributed by atoms with Gasteiger partial charge in [-0.1, -0.05) is 15.9 Å². The van der Waals surface area contributed by atoms with Gasteiger partial charge >= 0.3 is 0 Å². The molecule has 4 heteroatoms. The third kappa shape index (κ3) is 3.48. The number of ketones is 1. The molecule has 0 atom stereocenters. The first-order valence-corrected chi connectivity index (χ1v) is 6.74. The van der Waals surface area contributed by atoms with Gasteiger partial charge in [-0.2, -0.15) is 0 Å². The molecule has 0 unspecified atom stereocenters. The molecule has 20 heavy (non-hydrogen) atoms. The van der Waals surface area contributed by atoms with Crippen LogP contribution in [0, 0.1) is 0 Å². The number of carbonyl (C=O) groups is 1. The number of aromatic hydroxyl groups is 1. The minimum Gasteiger partial charge on any atom is -0.507 e. The number of methoxy groups -OCH3 is 1. The van der Waals surface area contributed by atoms with E-state index in [1.165, 1.54) is 6.08 Å². The first-order valence-electron chi connectivity index (χ1n) is 5.95. The minimum absolute atomic E-state index is 0.131. The molecule has 0 aliphatic heterocycles. The molecule has 2 aromatic carbocycles. The highest BCUT2D eigenvalue weighted by Crippen LogP contribution is 2.23. The monoisotopic (exact) mass is 332 g/mol. The SMILES string of the molecule is COc1ccc(C(=O)C=Cc2cc(Br)ccc2O)cc1. The van der Waals surface area contributed by atoms with Crippen molar-refractivity contribution in [3.8, 4) is 11.5 Å². The van der Waals surface area contributed by atoms with Crippen LogP contribution in [-0.2, 0) is 0 Å². The number of hydrogen-bond donors (Lipinski definition) is 1. The zero-order valence-electron chi connectivity index (χ0n) is 10.8. The van der Waals surface area contributed by atoms with Crippen LogP contribution in [-0.4, -0.2) is 18.0 Å². The molecule has 0 aromatic heterocycles. The molecule has 0 saturated heterocycles. The summed E-state index contributed by atoms with van der Waals surface area (Å²) in [6, 6.07) is 11.9. The highest BCUT2D eigenvalue weighted by molar-refractivity contribution is 9.10. The molecule has 0 fully saturated rings. The quantitative estimate of drug-likeness (QED) is 0.678. The van der Waals surface area contributed by atoms with E-state index in [-0.39, 0.29) is 11.5 Å². The molecule has 0 bridgehead atoms. The lowest BCUT2D eigenvalue weighted by Gasteiger charge is -2.01. The fraction of sp³-hybridized carbons (Fsp3) is 0.0625. The number of hydrogen-bond acceptors (Lipinski definition) is 3. The van der Waals surface area contributed by atoms with Crippen LogP contribution in [0.25, 0.3) is 6.08 Å². The molecule has 0 heterocycles. The fourth-order valence-corrected chi connectivity index (χ4v) is 2.05. The van der Waals surface area contributed by atoms with E-state index in [4.69, 9.17) is 4.74 Å². The summed E-state index contributed by atoms with van der Waals surface area (Å²) < 4.78 is 5.88. The average molecular weight is 333 g/mol. The third-order valence-electron chi connectivity index (χ3n) is 2.78. The van der Waals surface area contributed by atoms with Crippen LogP contribution in [0.5, 0.6) is 11.5 Å². The second-order valence-electron chi connectivity index (χ2n) is 4.13. The van der Waals surface area contributed by atoms with Gasteiger partial charge in [0.1, 0.15) is 11.5 Å². The van der Waals surface area contributed by atoms with Crippen molar-refractivity contribution < 1.29 is 14.6 Å². The Labute approximate surface area is 125 Å². The predicted molar refractivity (Wildman–Crippen MR) is 82.2 cm³/mol. The number of allylic oxidation sites excluding steroid dienone is 1. The lowest BCUT2D eigenvalue weighted by Crippen LogP contribution is -1.94. The average Bonchev–Trinajstić information content (AvgIpc) is 2.48. The Kier molecular flexibility index (Phi) is 4.58. The number of phenols is 1. The summed E-state index contributed by atoms with van der Waals surface area (Å²) in [5, 5.41) is 9.69. The lowest BCUT2D eigenvalue weighted by molar-refractivity contribution is 0.104. The topological polar surface area (TPSA) is 46.5 Å². The normalized spacial score (nSPS) is 10.7. The van der Waals surface area contributed by atoms with Crippen LogP contribution >= 0.6 is 15.9 Å². The Bertz CT molecular complexity index is 645. The lowest BCUT2D eigenvalue weighted by atomic mass is 10.1. The predicted octanol–water partition coefficient (Wildman–Crippen LogP) is 4.06. The zero-order chi connectivity index (χ0) is 14.5. The molecule has 2 aromatic rings. The Morgan fingerprint density at radius 1 is 1.20 bits per heavy atom. The van der Waals surface area contributed by atoms with Crippen molar-refractivity contribution in [3.05, 3.63) is 64.1 Å². The van der Waals surface area contributed by atoms with Crippen molar-refractivity contribution in [2.24, 2.45) is 0 Å². The first kappa shape index (κ1) is 14.3. The number of halogens is 1. The third-order valence-corrected chi connectivity index (χ3v) is 3.27. The van der Waals surface area contributed by atoms with Crippen LogP contribution < -0.4 is 4.74 Å². The van der Waals surface area contributed by atoms with Crippen LogP contribution in [0.15, 0.2) is 53.0 Å². The molecule has 0 aliphatic carbocycles. The van der Waals surface area contributed by atoms with E-state index < -0.39 is 0 Å². The van der Waals surface area contributed by atoms with E-state index in [0.29, 0.717) is 16.9 Å². The standard InChI is InChI=1S/C16H13BrO3/c1-20-14-6-2-11(3-7-14)15(18)8-4-12-10-13(17)5-9-16(12)19/h2-10,19H,1H3. The molecule has 0 radical (unpaired) electrons. The molecule has 0 saturated carbocycles. The van der Waals surface area contributed by atoms with E-state index in [0.717, 1.165) is 4.47 Å². The van der Waals surface area contributed by atoms with Crippen molar-refractivity contribution >= 4 is 27.8 Å². The van der Waals surface area contributed by atoms with Gasteiger partial charge in [0, 0.05) is 15.6 Å². The van der Waals surface area contributed by atoms with E-state index in [1.54, 1.807) is 55.7 Å². The molecule has 102 valence electrons. The van der Waals surface area contributed by atoms with Crippen LogP contribution in [0.3, 0.4) is 0 Å². The number of rotatable bonds is 4. The van der Waals surface area contributed by atoms with Crippen molar-refractivity contribution in [1.29, 1.82) is 0 Å². The number of phenolic OH excluding ortho intramolecular Hbond substituents is 1. The molecule has 0 aliphatic rings. The number of carbonyl (C=O) groups excluding carboxylic acids is 1. The summed E-state index contributed by atoms with van der Waals surface area (Å²) in [5.41, 5.74) is 1.15. The highest BCUT2D eigenvalue weighted by atomic mass is 79.9. The number of benzene rings is 2. The van der Waals surface area contributed by atoms with Crippen molar-refractivity contribution in [2.75, 3.05) is 7.11 Å². The second kappa shape index (κ2) is 6.39. The van der Waals surface area contributed by atoms with Gasteiger partial charge in [-0.3, -0.25) is 4.79 Å². The largest absolute Gasteiger partial charge is 0.507 e. The van der Waals surface area contributed by atoms with E-state index in [2.05, 4.69) is 15.9 Å². The van der Waals surface area contributed by atoms with Gasteiger partial charge in [0.25, 0.3) is 0 Å². The first-order chi connectivity index (χ1) is 9.60. The highest BCUT2D eigenvalue weighted by Gasteiger charge is 2.03. The van der Waals surface area contributed by atoms with Gasteiger partial charge in [-0.25, -0.2) is 0 Å². The van der Waals surface area contributed by atoms with Crippen molar-refractivity contribution in [1.82, 2.24) is 0 Å². The molecule has 1 N–H and O–H groups in total. The summed E-state index contributed by atoms with van der Waals surface area (Å²) in [5.74, 6) is 0.703. The summed E-state index contributed by atoms with van der Waals surface area (Å²) in [6.07, 6.45) is 3.02. The summed E-state index contributed by atoms with van der Waals surface area (Å²) in [6.45, 7) is 0. The van der Waals surface area contributed by atoms with Gasteiger partial charge in [-0.05, 0) is 54.6 Å². The Hall–Kier alpha value is -2.07. The van der Waals surface area contributed by atoms with E-state index >= 15 is 0 Å². The fourth-order valence-electron chi connectivity index (χ4n) is 1.68. The van der Waals surface area contributed by atoms with Gasteiger partial charge in [0.2, 0.25) is 0 Å². The Morgan fingerprint density at radius 2 is 1.90 bits per heavy atom. The van der Waals surface area contributed by atoms with E-state index in [1.807, 2.05) is 0 Å². The smallest absolute Gasteiger partial charge is 0.185 e. The summed E-state index contributed by atoms with van der Waals surface area (Å²) in [4.78, 5) is 12.0. The Balaban J connectivity index is 2.17. The van der Waals surface area contributed by atoms with Crippen molar-refractivity contribution in [2.45, 2.75) is 0 Å². The minimum atomic E-state index is -0.132. The Morgan fingerprint density at radius 3 is 2.55 bits per heavy atom. The molecule has 2 rings (SSSR count). The maximum atomic E-state index is 12.0. The van der Waals surface area contributed by atoms with Crippen LogP contribution in [0.2, 0.25) is 0 Å². The molecule has 3 nitrogen and oxygen atoms in total. The van der Waals surface area contributed by atoms with Crippen LogP contribution in [0.1, 0.15) is 15.9 Å². The van der Waals surface area contributed by atoms with Gasteiger partial charge in [-0.15, -0.1) is 0 Å². The zero-order valence-corrected chi connectivity index (χ0v) is 12.4. The van der Waals surface area contributed by atoms with Gasteiger partial charge in [0.15, 0.2) is 5.78 Å². The summed E-state index contributed by atoms with van der Waals surface area (Å²) in [7, 11) is 1.58. The second-order valence-corrected chi connectivity index (χ2v) is 5.04. The number of ether oxygens (including phenoxy) is 1.